The first kappa shape index (κ1) is 23.6. The lowest BCUT2D eigenvalue weighted by atomic mass is 9.86. The highest BCUT2D eigenvalue weighted by Gasteiger charge is 2.25. The number of nitrogens with two attached hydrogens (primary N) is 1. The van der Waals surface area contributed by atoms with Crippen molar-refractivity contribution in [3.8, 4) is 5.75 Å². The van der Waals surface area contributed by atoms with E-state index in [2.05, 4.69) is 10.0 Å². The highest BCUT2D eigenvalue weighted by Crippen LogP contribution is 2.40. The molecule has 0 bridgehead atoms. The fourth-order valence-electron chi connectivity index (χ4n) is 3.28. The van der Waals surface area contributed by atoms with E-state index in [9.17, 15) is 18.0 Å². The maximum Gasteiger partial charge on any atom is 0.266 e. The average Bonchev–Trinajstić information content (AvgIpc) is 3.05. The molecular weight excluding hydrogens is 450 g/mol. The fourth-order valence-corrected chi connectivity index (χ4v) is 4.93. The number of rotatable bonds is 6. The number of thiophene rings is 1. The Balaban J connectivity index is 2.15. The van der Waals surface area contributed by atoms with Crippen LogP contribution in [-0.4, -0.2) is 33.6 Å². The van der Waals surface area contributed by atoms with Gasteiger partial charge in [0.05, 0.1) is 30.3 Å². The number of hydrogen-bond donors (Lipinski definition) is 3. The monoisotopic (exact) mass is 475 g/mol. The van der Waals surface area contributed by atoms with Crippen molar-refractivity contribution < 1.29 is 22.7 Å². The zero-order chi connectivity index (χ0) is 23.8. The molecule has 0 aliphatic rings. The summed E-state index contributed by atoms with van der Waals surface area (Å²) in [5, 5.41) is 3.38. The minimum Gasteiger partial charge on any atom is -0.492 e. The second-order valence-electron chi connectivity index (χ2n) is 8.35. The van der Waals surface area contributed by atoms with Crippen LogP contribution in [0, 0.1) is 0 Å². The summed E-state index contributed by atoms with van der Waals surface area (Å²) in [5.41, 5.74) is 6.60. The zero-order valence-electron chi connectivity index (χ0n) is 18.4. The molecule has 0 aliphatic carbocycles. The minimum absolute atomic E-state index is 0.142. The van der Waals surface area contributed by atoms with Gasteiger partial charge < -0.3 is 15.8 Å². The normalized spacial score (nSPS) is 11.9. The lowest BCUT2D eigenvalue weighted by Crippen LogP contribution is -2.20. The molecule has 0 saturated heterocycles. The molecular formula is C22H25N3O5S2. The molecule has 0 radical (unpaired) electrons. The van der Waals surface area contributed by atoms with Gasteiger partial charge in [0, 0.05) is 10.1 Å². The highest BCUT2D eigenvalue weighted by atomic mass is 32.2. The Morgan fingerprint density at radius 1 is 1.09 bits per heavy atom. The van der Waals surface area contributed by atoms with Crippen LogP contribution >= 0.6 is 11.3 Å². The molecule has 0 fully saturated rings. The Kier molecular flexibility index (Phi) is 6.21. The summed E-state index contributed by atoms with van der Waals surface area (Å²) in [6.07, 6.45) is 1.03. The highest BCUT2D eigenvalue weighted by molar-refractivity contribution is 7.92. The second kappa shape index (κ2) is 8.44. The Morgan fingerprint density at radius 3 is 2.28 bits per heavy atom. The number of sulfonamides is 1. The average molecular weight is 476 g/mol. The zero-order valence-corrected chi connectivity index (χ0v) is 20.0. The fraction of sp³-hybridized carbons (Fsp3) is 0.273. The minimum atomic E-state index is -3.61. The van der Waals surface area contributed by atoms with Crippen LogP contribution in [0.1, 0.15) is 46.4 Å². The lowest BCUT2D eigenvalue weighted by molar-refractivity contribution is 0.0981. The Labute approximate surface area is 190 Å². The van der Waals surface area contributed by atoms with Crippen LogP contribution in [0.5, 0.6) is 5.75 Å². The number of primary amides is 1. The van der Waals surface area contributed by atoms with Gasteiger partial charge in [-0.2, -0.15) is 0 Å². The van der Waals surface area contributed by atoms with Gasteiger partial charge in [0.1, 0.15) is 4.88 Å². The van der Waals surface area contributed by atoms with Crippen LogP contribution in [0.3, 0.4) is 0 Å². The van der Waals surface area contributed by atoms with Crippen molar-refractivity contribution >= 4 is 54.6 Å². The number of amides is 2. The summed E-state index contributed by atoms with van der Waals surface area (Å²) < 4.78 is 32.4. The maximum atomic E-state index is 13.2. The first-order valence-electron chi connectivity index (χ1n) is 9.65. The Hall–Kier alpha value is -3.11. The summed E-state index contributed by atoms with van der Waals surface area (Å²) in [6, 6.07) is 10.5. The largest absolute Gasteiger partial charge is 0.492 e. The van der Waals surface area contributed by atoms with E-state index in [0.29, 0.717) is 5.39 Å². The summed E-state index contributed by atoms with van der Waals surface area (Å²) in [6.45, 7) is 5.88. The van der Waals surface area contributed by atoms with E-state index >= 15 is 0 Å². The van der Waals surface area contributed by atoms with Gasteiger partial charge in [-0.15, -0.1) is 11.3 Å². The van der Waals surface area contributed by atoms with E-state index in [1.54, 1.807) is 30.3 Å². The van der Waals surface area contributed by atoms with E-state index in [4.69, 9.17) is 10.5 Å². The van der Waals surface area contributed by atoms with Gasteiger partial charge in [-0.05, 0) is 29.2 Å². The molecule has 2 aromatic carbocycles. The number of carbonyl (C=O) groups is 2. The lowest BCUT2D eigenvalue weighted by Gasteiger charge is -2.24. The van der Waals surface area contributed by atoms with Crippen LogP contribution in [0.25, 0.3) is 10.1 Å². The molecule has 0 aliphatic heterocycles. The van der Waals surface area contributed by atoms with Crippen molar-refractivity contribution in [1.29, 1.82) is 0 Å². The van der Waals surface area contributed by atoms with Crippen molar-refractivity contribution in [3.63, 3.8) is 0 Å². The molecule has 1 aromatic heterocycles. The molecule has 32 heavy (non-hydrogen) atoms. The number of methoxy groups -OCH3 is 1. The van der Waals surface area contributed by atoms with Crippen LogP contribution in [0.2, 0.25) is 0 Å². The second-order valence-corrected chi connectivity index (χ2v) is 11.2. The van der Waals surface area contributed by atoms with Crippen molar-refractivity contribution in [2.75, 3.05) is 23.4 Å². The maximum absolute atomic E-state index is 13.2. The molecule has 10 heteroatoms. The van der Waals surface area contributed by atoms with Gasteiger partial charge >= 0.3 is 0 Å². The summed E-state index contributed by atoms with van der Waals surface area (Å²) in [5.74, 6) is -1.10. The predicted octanol–water partition coefficient (Wildman–Crippen LogP) is 3.93. The number of fused-ring (bicyclic) bond motifs is 1. The van der Waals surface area contributed by atoms with Gasteiger partial charge in [0.15, 0.2) is 5.75 Å². The topological polar surface area (TPSA) is 128 Å². The molecule has 0 unspecified atom stereocenters. The van der Waals surface area contributed by atoms with Gasteiger partial charge in [0.2, 0.25) is 10.0 Å². The molecule has 3 aromatic rings. The van der Waals surface area contributed by atoms with Crippen molar-refractivity contribution in [3.05, 3.63) is 52.4 Å². The third-order valence-electron chi connectivity index (χ3n) is 4.75. The molecule has 170 valence electrons. The predicted molar refractivity (Wildman–Crippen MR) is 128 cm³/mol. The summed E-state index contributed by atoms with van der Waals surface area (Å²) in [7, 11) is -2.23. The van der Waals surface area contributed by atoms with E-state index in [-0.39, 0.29) is 33.0 Å². The molecule has 2 amide bonds. The molecule has 0 saturated carbocycles. The number of benzene rings is 2. The van der Waals surface area contributed by atoms with Gasteiger partial charge in [0.25, 0.3) is 11.8 Å². The van der Waals surface area contributed by atoms with Crippen molar-refractivity contribution in [1.82, 2.24) is 0 Å². The van der Waals surface area contributed by atoms with Crippen LogP contribution in [-0.2, 0) is 15.4 Å². The molecule has 3 rings (SSSR count). The summed E-state index contributed by atoms with van der Waals surface area (Å²) in [4.78, 5) is 25.5. The number of nitrogens with one attached hydrogen (secondary N) is 2. The van der Waals surface area contributed by atoms with Crippen LogP contribution in [0.4, 0.5) is 11.4 Å². The van der Waals surface area contributed by atoms with E-state index in [1.807, 2.05) is 26.8 Å². The first-order chi connectivity index (χ1) is 14.8. The molecule has 1 heterocycles. The molecule has 4 N–H and O–H groups in total. The smallest absolute Gasteiger partial charge is 0.266 e. The van der Waals surface area contributed by atoms with E-state index in [1.165, 1.54) is 7.11 Å². The number of hydrogen-bond acceptors (Lipinski definition) is 6. The standard InChI is InChI=1S/C22H25N3O5S2/c1-22(2,3)12-10-14(18(30-4)15(11-12)25-32(5,28)29)24-21(27)19-17(20(23)26)13-8-6-7-9-16(13)31-19/h6-11,25H,1-5H3,(H2,23,26)(H,24,27). The number of anilines is 2. The third-order valence-corrected chi connectivity index (χ3v) is 6.51. The Bertz CT molecular complexity index is 1320. The van der Waals surface area contributed by atoms with Crippen molar-refractivity contribution in [2.24, 2.45) is 5.73 Å². The number of ether oxygens (including phenoxy) is 1. The Morgan fingerprint density at radius 2 is 1.72 bits per heavy atom. The SMILES string of the molecule is COc1c(NC(=O)c2sc3ccccc3c2C(N)=O)cc(C(C)(C)C)cc1NS(C)(=O)=O. The van der Waals surface area contributed by atoms with E-state index < -0.39 is 21.8 Å². The molecule has 0 spiro atoms. The van der Waals surface area contributed by atoms with Crippen molar-refractivity contribution in [2.45, 2.75) is 26.2 Å². The van der Waals surface area contributed by atoms with Gasteiger partial charge in [-0.25, -0.2) is 8.42 Å². The summed E-state index contributed by atoms with van der Waals surface area (Å²) >= 11 is 1.15. The number of carbonyl (C=O) groups excluding carboxylic acids is 2. The first-order valence-corrected chi connectivity index (χ1v) is 12.4. The quantitative estimate of drug-likeness (QED) is 0.498. The van der Waals surface area contributed by atoms with Gasteiger partial charge in [-0.3, -0.25) is 14.3 Å². The third kappa shape index (κ3) is 4.86. The van der Waals surface area contributed by atoms with Crippen LogP contribution in [0.15, 0.2) is 36.4 Å². The van der Waals surface area contributed by atoms with E-state index in [0.717, 1.165) is 27.9 Å². The molecule has 8 nitrogen and oxygen atoms in total. The van der Waals surface area contributed by atoms with Crippen LogP contribution < -0.4 is 20.5 Å². The van der Waals surface area contributed by atoms with Gasteiger partial charge in [-0.1, -0.05) is 39.0 Å². The molecule has 0 atom stereocenters.